The van der Waals surface area contributed by atoms with Gasteiger partial charge < -0.3 is 0 Å². The Balaban J connectivity index is 2.31. The second-order valence-electron chi connectivity index (χ2n) is 3.96. The third-order valence-electron chi connectivity index (χ3n) is 2.60. The molecule has 1 aliphatic carbocycles. The van der Waals surface area contributed by atoms with Crippen molar-refractivity contribution in [3.05, 3.63) is 53.1 Å². The van der Waals surface area contributed by atoms with E-state index in [9.17, 15) is 13.2 Å². The second kappa shape index (κ2) is 3.81. The predicted octanol–water partition coefficient (Wildman–Crippen LogP) is 4.44. The zero-order valence-electron chi connectivity index (χ0n) is 8.81. The first-order valence-corrected chi connectivity index (χ1v) is 5.01. The fraction of sp³-hybridized carbons (Fsp3) is 0.231. The molecule has 1 aromatic rings. The van der Waals surface area contributed by atoms with Gasteiger partial charge in [-0.25, -0.2) is 0 Å². The zero-order valence-corrected chi connectivity index (χ0v) is 8.81. The Morgan fingerprint density at radius 3 is 2.44 bits per heavy atom. The van der Waals surface area contributed by atoms with E-state index in [-0.39, 0.29) is 0 Å². The average Bonchev–Trinajstić information content (AvgIpc) is 2.64. The molecule has 0 fully saturated rings. The van der Waals surface area contributed by atoms with Gasteiger partial charge in [-0.1, -0.05) is 29.9 Å². The topological polar surface area (TPSA) is 0 Å². The lowest BCUT2D eigenvalue weighted by Crippen LogP contribution is -2.04. The van der Waals surface area contributed by atoms with Gasteiger partial charge in [-0.2, -0.15) is 13.2 Å². The van der Waals surface area contributed by atoms with E-state index in [0.717, 1.165) is 18.1 Å². The van der Waals surface area contributed by atoms with Crippen LogP contribution in [0.1, 0.15) is 24.5 Å². The minimum absolute atomic E-state index is 0.588. The van der Waals surface area contributed by atoms with Crippen LogP contribution in [0.15, 0.2) is 42.0 Å². The van der Waals surface area contributed by atoms with Crippen molar-refractivity contribution in [2.75, 3.05) is 0 Å². The molecule has 0 N–H and O–H groups in total. The third kappa shape index (κ3) is 2.18. The number of rotatable bonds is 1. The fourth-order valence-electron chi connectivity index (χ4n) is 1.75. The molecule has 0 nitrogen and oxygen atoms in total. The van der Waals surface area contributed by atoms with Crippen molar-refractivity contribution in [3.8, 4) is 0 Å². The maximum Gasteiger partial charge on any atom is 0.416 e. The summed E-state index contributed by atoms with van der Waals surface area (Å²) in [4.78, 5) is 0. The van der Waals surface area contributed by atoms with Crippen molar-refractivity contribution in [3.63, 3.8) is 0 Å². The predicted molar refractivity (Wildman–Crippen MR) is 57.8 cm³/mol. The van der Waals surface area contributed by atoms with Gasteiger partial charge in [0.15, 0.2) is 0 Å². The van der Waals surface area contributed by atoms with Gasteiger partial charge in [0.2, 0.25) is 0 Å². The summed E-state index contributed by atoms with van der Waals surface area (Å²) >= 11 is 0. The van der Waals surface area contributed by atoms with E-state index in [0.29, 0.717) is 5.56 Å². The van der Waals surface area contributed by atoms with E-state index < -0.39 is 11.7 Å². The lowest BCUT2D eigenvalue weighted by molar-refractivity contribution is -0.137. The van der Waals surface area contributed by atoms with E-state index in [2.05, 4.69) is 0 Å². The number of halogens is 3. The van der Waals surface area contributed by atoms with Crippen molar-refractivity contribution < 1.29 is 13.2 Å². The molecular weight excluding hydrogens is 213 g/mol. The number of allylic oxidation sites excluding steroid dienone is 4. The smallest absolute Gasteiger partial charge is 0.166 e. The highest BCUT2D eigenvalue weighted by Crippen LogP contribution is 2.33. The Bertz CT molecular complexity index is 464. The maximum atomic E-state index is 12.5. The van der Waals surface area contributed by atoms with Crippen LogP contribution in [-0.4, -0.2) is 0 Å². The Morgan fingerprint density at radius 1 is 1.12 bits per heavy atom. The quantitative estimate of drug-likeness (QED) is 0.661. The van der Waals surface area contributed by atoms with Gasteiger partial charge in [-0.05, 0) is 36.6 Å². The average molecular weight is 224 g/mol. The Morgan fingerprint density at radius 2 is 1.88 bits per heavy atom. The van der Waals surface area contributed by atoms with Gasteiger partial charge >= 0.3 is 6.18 Å². The highest BCUT2D eigenvalue weighted by molar-refractivity contribution is 5.72. The summed E-state index contributed by atoms with van der Waals surface area (Å²) in [6, 6.07) is 5.47. The first-order valence-electron chi connectivity index (χ1n) is 5.01. The molecule has 0 atom stereocenters. The third-order valence-corrected chi connectivity index (χ3v) is 2.60. The molecule has 16 heavy (non-hydrogen) atoms. The molecule has 0 saturated carbocycles. The Kier molecular flexibility index (Phi) is 2.62. The number of hydrogen-bond acceptors (Lipinski definition) is 0. The van der Waals surface area contributed by atoms with Crippen LogP contribution in [0.5, 0.6) is 0 Å². The highest BCUT2D eigenvalue weighted by atomic mass is 19.4. The van der Waals surface area contributed by atoms with Crippen molar-refractivity contribution in [1.29, 1.82) is 0 Å². The zero-order chi connectivity index (χ0) is 11.8. The Hall–Kier alpha value is -1.51. The van der Waals surface area contributed by atoms with Crippen molar-refractivity contribution in [2.24, 2.45) is 0 Å². The number of hydrogen-bond donors (Lipinski definition) is 0. The van der Waals surface area contributed by atoms with E-state index in [4.69, 9.17) is 0 Å². The van der Waals surface area contributed by atoms with Gasteiger partial charge in [0.25, 0.3) is 0 Å². The second-order valence-corrected chi connectivity index (χ2v) is 3.96. The van der Waals surface area contributed by atoms with Crippen molar-refractivity contribution in [1.82, 2.24) is 0 Å². The van der Waals surface area contributed by atoms with Gasteiger partial charge in [0.1, 0.15) is 0 Å². The standard InChI is InChI=1S/C13H11F3/c1-9-5-6-11(7-9)10-3-2-4-12(8-10)13(14,15)16/h2-6,8H,7H2,1H3. The number of alkyl halides is 3. The summed E-state index contributed by atoms with van der Waals surface area (Å²) in [6.45, 7) is 1.97. The summed E-state index contributed by atoms with van der Waals surface area (Å²) in [7, 11) is 0. The molecule has 0 radical (unpaired) electrons. The molecule has 1 aromatic carbocycles. The molecule has 0 saturated heterocycles. The first-order chi connectivity index (χ1) is 7.47. The Labute approximate surface area is 92.1 Å². The van der Waals surface area contributed by atoms with Crippen molar-refractivity contribution >= 4 is 5.57 Å². The summed E-state index contributed by atoms with van der Waals surface area (Å²) in [5, 5.41) is 0. The monoisotopic (exact) mass is 224 g/mol. The first kappa shape index (κ1) is 11.0. The molecule has 0 spiro atoms. The molecule has 1 aliphatic rings. The lowest BCUT2D eigenvalue weighted by Gasteiger charge is -2.09. The van der Waals surface area contributed by atoms with E-state index >= 15 is 0 Å². The molecule has 0 amide bonds. The minimum Gasteiger partial charge on any atom is -0.166 e. The van der Waals surface area contributed by atoms with Crippen LogP contribution >= 0.6 is 0 Å². The largest absolute Gasteiger partial charge is 0.416 e. The van der Waals surface area contributed by atoms with Gasteiger partial charge in [-0.15, -0.1) is 0 Å². The lowest BCUT2D eigenvalue weighted by atomic mass is 10.0. The van der Waals surface area contributed by atoms with Crippen LogP contribution in [0.2, 0.25) is 0 Å². The van der Waals surface area contributed by atoms with Crippen LogP contribution in [0.4, 0.5) is 13.2 Å². The summed E-state index contributed by atoms with van der Waals surface area (Å²) in [5.74, 6) is 0. The molecule has 3 heteroatoms. The summed E-state index contributed by atoms with van der Waals surface area (Å²) in [5.41, 5.74) is 2.19. The maximum absolute atomic E-state index is 12.5. The van der Waals surface area contributed by atoms with Gasteiger partial charge in [-0.3, -0.25) is 0 Å². The van der Waals surface area contributed by atoms with Gasteiger partial charge in [0, 0.05) is 0 Å². The molecule has 0 heterocycles. The van der Waals surface area contributed by atoms with E-state index in [1.807, 2.05) is 19.1 Å². The van der Waals surface area contributed by atoms with Crippen LogP contribution < -0.4 is 0 Å². The molecule has 84 valence electrons. The van der Waals surface area contributed by atoms with Crippen LogP contribution in [0.25, 0.3) is 5.57 Å². The molecule has 0 bridgehead atoms. The minimum atomic E-state index is -4.27. The normalized spacial score (nSPS) is 16.0. The SMILES string of the molecule is CC1=CC=C(c2cccc(C(F)(F)F)c2)C1. The molecule has 0 unspecified atom stereocenters. The van der Waals surface area contributed by atoms with Crippen LogP contribution in [-0.2, 0) is 6.18 Å². The molecule has 0 aromatic heterocycles. The fourth-order valence-corrected chi connectivity index (χ4v) is 1.75. The van der Waals surface area contributed by atoms with Gasteiger partial charge in [0.05, 0.1) is 5.56 Å². The molecule has 2 rings (SSSR count). The number of benzene rings is 1. The van der Waals surface area contributed by atoms with Crippen molar-refractivity contribution in [2.45, 2.75) is 19.5 Å². The van der Waals surface area contributed by atoms with E-state index in [1.165, 1.54) is 17.7 Å². The van der Waals surface area contributed by atoms with Crippen LogP contribution in [0, 0.1) is 0 Å². The molecule has 0 aliphatic heterocycles. The summed E-state index contributed by atoms with van der Waals surface area (Å²) < 4.78 is 37.5. The van der Waals surface area contributed by atoms with E-state index in [1.54, 1.807) is 6.07 Å². The summed E-state index contributed by atoms with van der Waals surface area (Å²) in [6.07, 6.45) is 0.291. The molecular formula is C13H11F3. The highest BCUT2D eigenvalue weighted by Gasteiger charge is 2.30. The van der Waals surface area contributed by atoms with Crippen LogP contribution in [0.3, 0.4) is 0 Å².